The van der Waals surface area contributed by atoms with Crippen molar-refractivity contribution in [2.75, 3.05) is 6.61 Å². The summed E-state index contributed by atoms with van der Waals surface area (Å²) in [5, 5.41) is 0.862. The summed E-state index contributed by atoms with van der Waals surface area (Å²) in [5.41, 5.74) is 1.48. The third kappa shape index (κ3) is 2.55. The van der Waals surface area contributed by atoms with Crippen LogP contribution in [0.1, 0.15) is 23.7 Å². The van der Waals surface area contributed by atoms with E-state index in [4.69, 9.17) is 4.74 Å². The molecule has 5 heteroatoms. The number of halogens is 2. The summed E-state index contributed by atoms with van der Waals surface area (Å²) in [4.78, 5) is 14.9. The zero-order valence-electron chi connectivity index (χ0n) is 9.22. The van der Waals surface area contributed by atoms with Crippen LogP contribution in [0, 0.1) is 0 Å². The fourth-order valence-corrected chi connectivity index (χ4v) is 2.24. The predicted molar refractivity (Wildman–Crippen MR) is 74.3 cm³/mol. The third-order valence-electron chi connectivity index (χ3n) is 2.38. The minimum absolute atomic E-state index is 0.285. The van der Waals surface area contributed by atoms with E-state index in [1.807, 2.05) is 19.1 Å². The molecule has 0 aliphatic rings. The van der Waals surface area contributed by atoms with Gasteiger partial charge in [0.05, 0.1) is 12.2 Å². The fourth-order valence-electron chi connectivity index (χ4n) is 1.56. The van der Waals surface area contributed by atoms with Crippen LogP contribution in [0.3, 0.4) is 0 Å². The van der Waals surface area contributed by atoms with Gasteiger partial charge in [-0.25, -0.2) is 4.79 Å². The van der Waals surface area contributed by atoms with E-state index in [2.05, 4.69) is 36.8 Å². The average molecular weight is 361 g/mol. The lowest BCUT2D eigenvalue weighted by Gasteiger charge is -2.02. The molecule has 17 heavy (non-hydrogen) atoms. The van der Waals surface area contributed by atoms with Crippen LogP contribution in [-0.4, -0.2) is 17.6 Å². The molecular weight excluding hydrogens is 350 g/mol. The molecule has 0 saturated carbocycles. The summed E-state index contributed by atoms with van der Waals surface area (Å²) in [6, 6.07) is 3.83. The van der Waals surface area contributed by atoms with E-state index in [-0.39, 0.29) is 5.97 Å². The molecule has 1 N–H and O–H groups in total. The lowest BCUT2D eigenvalue weighted by molar-refractivity contribution is 0.0507. The van der Waals surface area contributed by atoms with Crippen molar-refractivity contribution in [3.63, 3.8) is 0 Å². The van der Waals surface area contributed by atoms with Gasteiger partial charge in [0.25, 0.3) is 0 Å². The number of ether oxygens (including phenoxy) is 1. The van der Waals surface area contributed by atoms with E-state index in [1.165, 1.54) is 0 Å². The number of benzene rings is 1. The molecule has 3 nitrogen and oxygen atoms in total. The average Bonchev–Trinajstić information content (AvgIpc) is 2.69. The summed E-state index contributed by atoms with van der Waals surface area (Å²) in [7, 11) is 0. The van der Waals surface area contributed by atoms with Crippen molar-refractivity contribution in [1.29, 1.82) is 0 Å². The first kappa shape index (κ1) is 12.6. The first-order valence-corrected chi connectivity index (χ1v) is 6.85. The number of nitrogens with one attached hydrogen (secondary N) is 1. The molecule has 2 rings (SSSR count). The molecule has 0 atom stereocenters. The van der Waals surface area contributed by atoms with Crippen molar-refractivity contribution >= 4 is 48.7 Å². The van der Waals surface area contributed by atoms with Crippen LogP contribution in [0.4, 0.5) is 0 Å². The normalized spacial score (nSPS) is 10.8. The molecule has 0 bridgehead atoms. The predicted octanol–water partition coefficient (Wildman–Crippen LogP) is 4.26. The van der Waals surface area contributed by atoms with Gasteiger partial charge in [-0.05, 0) is 50.4 Å². The zero-order chi connectivity index (χ0) is 12.4. The van der Waals surface area contributed by atoms with Crippen LogP contribution in [0.15, 0.2) is 27.3 Å². The first-order valence-electron chi connectivity index (χ1n) is 5.26. The van der Waals surface area contributed by atoms with Crippen LogP contribution in [-0.2, 0) is 4.74 Å². The smallest absolute Gasteiger partial charge is 0.340 e. The lowest BCUT2D eigenvalue weighted by atomic mass is 10.2. The molecular formula is C12H11Br2NO2. The number of hydrogen-bond acceptors (Lipinski definition) is 2. The number of esters is 1. The van der Waals surface area contributed by atoms with Crippen LogP contribution in [0.25, 0.3) is 10.9 Å². The summed E-state index contributed by atoms with van der Waals surface area (Å²) >= 11 is 6.85. The highest BCUT2D eigenvalue weighted by Gasteiger charge is 2.14. The maximum absolute atomic E-state index is 11.8. The number of fused-ring (bicyclic) bond motifs is 1. The monoisotopic (exact) mass is 359 g/mol. The van der Waals surface area contributed by atoms with E-state index in [0.717, 1.165) is 26.3 Å². The van der Waals surface area contributed by atoms with Gasteiger partial charge in [-0.2, -0.15) is 0 Å². The Hall–Kier alpha value is -0.810. The quantitative estimate of drug-likeness (QED) is 0.831. The van der Waals surface area contributed by atoms with Crippen LogP contribution in [0.2, 0.25) is 0 Å². The Morgan fingerprint density at radius 3 is 2.76 bits per heavy atom. The number of carbonyl (C=O) groups excluding carboxylic acids is 1. The van der Waals surface area contributed by atoms with Gasteiger partial charge in [0.2, 0.25) is 0 Å². The molecule has 0 unspecified atom stereocenters. The fraction of sp³-hybridized carbons (Fsp3) is 0.250. The Balaban J connectivity index is 2.42. The van der Waals surface area contributed by atoms with Gasteiger partial charge in [0.15, 0.2) is 0 Å². The molecule has 0 amide bonds. The van der Waals surface area contributed by atoms with E-state index >= 15 is 0 Å². The van der Waals surface area contributed by atoms with E-state index < -0.39 is 0 Å². The highest BCUT2D eigenvalue weighted by Crippen LogP contribution is 2.30. The van der Waals surface area contributed by atoms with Gasteiger partial charge in [-0.3, -0.25) is 0 Å². The van der Waals surface area contributed by atoms with E-state index in [0.29, 0.717) is 12.2 Å². The number of H-pyrrole nitrogens is 1. The third-order valence-corrected chi connectivity index (χ3v) is 4.22. The van der Waals surface area contributed by atoms with Crippen molar-refractivity contribution in [3.8, 4) is 0 Å². The summed E-state index contributed by atoms with van der Waals surface area (Å²) in [5.74, 6) is -0.285. The molecule has 90 valence electrons. The van der Waals surface area contributed by atoms with E-state index in [9.17, 15) is 4.79 Å². The summed E-state index contributed by atoms with van der Waals surface area (Å²) in [6.07, 6.45) is 2.50. The number of aromatic amines is 1. The molecule has 1 heterocycles. The summed E-state index contributed by atoms with van der Waals surface area (Å²) < 4.78 is 6.98. The molecule has 1 aromatic heterocycles. The SMILES string of the molecule is CCCOC(=O)c1c[nH]c2cc(Br)c(Br)cc12. The Labute approximate surface area is 116 Å². The van der Waals surface area contributed by atoms with Gasteiger partial charge < -0.3 is 9.72 Å². The van der Waals surface area contributed by atoms with Crippen LogP contribution >= 0.6 is 31.9 Å². The van der Waals surface area contributed by atoms with Crippen molar-refractivity contribution in [2.24, 2.45) is 0 Å². The second-order valence-corrected chi connectivity index (χ2v) is 5.36. The Morgan fingerprint density at radius 2 is 2.06 bits per heavy atom. The first-order chi connectivity index (χ1) is 8.13. The topological polar surface area (TPSA) is 42.1 Å². The molecule has 0 radical (unpaired) electrons. The zero-order valence-corrected chi connectivity index (χ0v) is 12.4. The van der Waals surface area contributed by atoms with Gasteiger partial charge >= 0.3 is 5.97 Å². The molecule has 0 saturated heterocycles. The van der Waals surface area contributed by atoms with Gasteiger partial charge in [-0.15, -0.1) is 0 Å². The number of hydrogen-bond donors (Lipinski definition) is 1. The summed E-state index contributed by atoms with van der Waals surface area (Å²) in [6.45, 7) is 2.42. The van der Waals surface area contributed by atoms with Crippen LogP contribution < -0.4 is 0 Å². The van der Waals surface area contributed by atoms with Crippen molar-refractivity contribution in [1.82, 2.24) is 4.98 Å². The largest absolute Gasteiger partial charge is 0.462 e. The van der Waals surface area contributed by atoms with E-state index in [1.54, 1.807) is 6.20 Å². The molecule has 2 aromatic rings. The van der Waals surface area contributed by atoms with Crippen molar-refractivity contribution in [3.05, 3.63) is 32.8 Å². The Kier molecular flexibility index (Phi) is 3.89. The standard InChI is InChI=1S/C12H11Br2NO2/c1-2-3-17-12(16)8-6-15-11-5-10(14)9(13)4-7(8)11/h4-6,15H,2-3H2,1H3. The Morgan fingerprint density at radius 1 is 1.35 bits per heavy atom. The molecule has 0 fully saturated rings. The van der Waals surface area contributed by atoms with Gasteiger partial charge in [-0.1, -0.05) is 6.92 Å². The molecule has 1 aromatic carbocycles. The highest BCUT2D eigenvalue weighted by molar-refractivity contribution is 9.13. The van der Waals surface area contributed by atoms with Crippen molar-refractivity contribution in [2.45, 2.75) is 13.3 Å². The highest BCUT2D eigenvalue weighted by atomic mass is 79.9. The van der Waals surface area contributed by atoms with Gasteiger partial charge in [0, 0.05) is 26.0 Å². The molecule has 0 spiro atoms. The number of rotatable bonds is 3. The minimum Gasteiger partial charge on any atom is -0.462 e. The maximum atomic E-state index is 11.8. The van der Waals surface area contributed by atoms with Crippen molar-refractivity contribution < 1.29 is 9.53 Å². The molecule has 0 aliphatic heterocycles. The number of carbonyl (C=O) groups is 1. The second kappa shape index (κ2) is 5.23. The lowest BCUT2D eigenvalue weighted by Crippen LogP contribution is -2.04. The molecule has 0 aliphatic carbocycles. The minimum atomic E-state index is -0.285. The van der Waals surface area contributed by atoms with Gasteiger partial charge in [0.1, 0.15) is 0 Å². The second-order valence-electron chi connectivity index (χ2n) is 3.65. The van der Waals surface area contributed by atoms with Crippen LogP contribution in [0.5, 0.6) is 0 Å². The Bertz CT molecular complexity index is 563. The maximum Gasteiger partial charge on any atom is 0.340 e. The number of aromatic nitrogens is 1.